The van der Waals surface area contributed by atoms with E-state index in [0.717, 1.165) is 76.0 Å². The minimum atomic E-state index is -3.48. The number of carboxylic acid groups (broad SMARTS) is 1. The molecule has 5 atom stereocenters. The number of benzene rings is 2. The van der Waals surface area contributed by atoms with Crippen molar-refractivity contribution in [2.75, 3.05) is 12.0 Å². The molecule has 7 amide bonds. The molecule has 378 valence electrons. The third kappa shape index (κ3) is 26.5. The summed E-state index contributed by atoms with van der Waals surface area (Å²) in [6, 6.07) is 11.9. The van der Waals surface area contributed by atoms with Crippen molar-refractivity contribution in [2.24, 2.45) is 17.4 Å². The fraction of sp³-hybridized carbons (Fsp3) is 0.592. The number of hydrogen-bond acceptors (Lipinski definition) is 10. The molecule has 0 aliphatic rings. The summed E-state index contributed by atoms with van der Waals surface area (Å²) >= 11 is 0. The Labute approximate surface area is 401 Å². The summed E-state index contributed by atoms with van der Waals surface area (Å²) in [6.45, 7) is 3.72. The second-order valence-corrected chi connectivity index (χ2v) is 20.3. The molecule has 0 saturated carbocycles. The van der Waals surface area contributed by atoms with Gasteiger partial charge in [-0.15, -0.1) is 0 Å². The quantitative estimate of drug-likeness (QED) is 0.0459. The van der Waals surface area contributed by atoms with Crippen LogP contribution in [-0.4, -0.2) is 103 Å². The number of nitrogens with two attached hydrogens (primary N) is 2. The highest BCUT2D eigenvalue weighted by atomic mass is 32.2. The first-order valence-corrected chi connectivity index (χ1v) is 25.9. The zero-order valence-electron chi connectivity index (χ0n) is 40.0. The van der Waals surface area contributed by atoms with E-state index in [2.05, 4.69) is 26.6 Å². The lowest BCUT2D eigenvalue weighted by Crippen LogP contribution is -2.57. The summed E-state index contributed by atoms with van der Waals surface area (Å²) in [5.41, 5.74) is 12.4. The smallest absolute Gasteiger partial charge is 0.326 e. The van der Waals surface area contributed by atoms with Crippen LogP contribution in [0.15, 0.2) is 60.7 Å². The molecule has 0 heterocycles. The minimum Gasteiger partial charge on any atom is -0.480 e. The highest BCUT2D eigenvalue weighted by molar-refractivity contribution is 7.90. The fourth-order valence-corrected chi connectivity index (χ4v) is 8.19. The maximum absolute atomic E-state index is 13.5. The maximum atomic E-state index is 13.5. The number of aliphatic carboxylic acids is 1. The summed E-state index contributed by atoms with van der Waals surface area (Å²) in [5.74, 6) is -6.14. The predicted octanol–water partition coefficient (Wildman–Crippen LogP) is 3.28. The molecule has 0 unspecified atom stereocenters. The number of unbranched alkanes of at least 4 members (excludes halogenated alkanes) is 11. The van der Waals surface area contributed by atoms with E-state index in [1.165, 1.54) is 0 Å². The second kappa shape index (κ2) is 32.0. The van der Waals surface area contributed by atoms with E-state index in [-0.39, 0.29) is 50.2 Å². The van der Waals surface area contributed by atoms with Gasteiger partial charge in [-0.2, -0.15) is 0 Å². The van der Waals surface area contributed by atoms with Gasteiger partial charge in [0.25, 0.3) is 0 Å². The van der Waals surface area contributed by atoms with Gasteiger partial charge in [0, 0.05) is 31.9 Å². The Balaban J connectivity index is 1.68. The Hall–Kier alpha value is -5.85. The van der Waals surface area contributed by atoms with E-state index >= 15 is 0 Å². The molecule has 0 aromatic heterocycles. The minimum absolute atomic E-state index is 0.0276. The number of carbonyl (C=O) groups excluding carboxylic acids is 7. The van der Waals surface area contributed by atoms with Gasteiger partial charge in [-0.05, 0) is 42.7 Å². The first-order chi connectivity index (χ1) is 32.2. The number of carboxylic acids is 1. The molecule has 2 aromatic carbocycles. The molecule has 10 N–H and O–H groups in total. The largest absolute Gasteiger partial charge is 0.480 e. The molecule has 0 fully saturated rings. The number of carbonyl (C=O) groups is 8. The zero-order chi connectivity index (χ0) is 50.5. The van der Waals surface area contributed by atoms with Crippen LogP contribution in [0.3, 0.4) is 0 Å². The van der Waals surface area contributed by atoms with Gasteiger partial charge in [0.15, 0.2) is 0 Å². The van der Waals surface area contributed by atoms with Crippen LogP contribution in [0.1, 0.15) is 134 Å². The average Bonchev–Trinajstić information content (AvgIpc) is 3.26. The third-order valence-corrected chi connectivity index (χ3v) is 12.2. The van der Waals surface area contributed by atoms with Crippen molar-refractivity contribution in [3.8, 4) is 0 Å². The van der Waals surface area contributed by atoms with Gasteiger partial charge in [-0.25, -0.2) is 13.2 Å². The van der Waals surface area contributed by atoms with Crippen molar-refractivity contribution in [3.63, 3.8) is 0 Å². The lowest BCUT2D eigenvalue weighted by molar-refractivity contribution is -0.142. The molecular weight excluding hydrogens is 895 g/mol. The predicted molar refractivity (Wildman–Crippen MR) is 259 cm³/mol. The summed E-state index contributed by atoms with van der Waals surface area (Å²) in [7, 11) is -3.48. The molecule has 2 aromatic rings. The molecule has 0 saturated heterocycles. The fourth-order valence-electron chi connectivity index (χ4n) is 7.53. The maximum Gasteiger partial charge on any atom is 0.326 e. The zero-order valence-corrected chi connectivity index (χ0v) is 40.8. The monoisotopic (exact) mass is 970 g/mol. The van der Waals surface area contributed by atoms with Gasteiger partial charge >= 0.3 is 5.97 Å². The second-order valence-electron chi connectivity index (χ2n) is 18.0. The van der Waals surface area contributed by atoms with Gasteiger partial charge < -0.3 is 43.2 Å². The molecule has 2 rings (SSSR count). The number of amides is 7. The topological polar surface area (TPSA) is 303 Å². The van der Waals surface area contributed by atoms with Gasteiger partial charge in [0.05, 0.1) is 12.2 Å². The van der Waals surface area contributed by atoms with Crippen LogP contribution in [0.25, 0.3) is 0 Å². The number of rotatable bonds is 36. The molecule has 0 spiro atoms. The first-order valence-electron chi connectivity index (χ1n) is 23.8. The lowest BCUT2D eigenvalue weighted by Gasteiger charge is -2.26. The molecular formula is C49H75N7O11S. The summed E-state index contributed by atoms with van der Waals surface area (Å²) < 4.78 is 24.0. The number of primary amides is 2. The van der Waals surface area contributed by atoms with Crippen molar-refractivity contribution >= 4 is 57.2 Å². The van der Waals surface area contributed by atoms with E-state index in [1.54, 1.807) is 54.6 Å². The molecule has 19 heteroatoms. The highest BCUT2D eigenvalue weighted by Crippen LogP contribution is 2.15. The molecule has 0 aliphatic carbocycles. The van der Waals surface area contributed by atoms with Crippen molar-refractivity contribution in [1.82, 2.24) is 26.6 Å². The lowest BCUT2D eigenvalue weighted by atomic mass is 10.0. The van der Waals surface area contributed by atoms with Crippen LogP contribution in [-0.2, 0) is 61.0 Å². The van der Waals surface area contributed by atoms with Gasteiger partial charge in [0.1, 0.15) is 40.0 Å². The Kier molecular flexibility index (Phi) is 27.4. The van der Waals surface area contributed by atoms with Crippen molar-refractivity contribution in [3.05, 3.63) is 71.8 Å². The van der Waals surface area contributed by atoms with Crippen molar-refractivity contribution in [1.29, 1.82) is 0 Å². The van der Waals surface area contributed by atoms with Crippen molar-refractivity contribution in [2.45, 2.75) is 166 Å². The summed E-state index contributed by atoms with van der Waals surface area (Å²) in [6.07, 6.45) is 11.9. The van der Waals surface area contributed by atoms with E-state index in [9.17, 15) is 51.9 Å². The number of sulfone groups is 1. The van der Waals surface area contributed by atoms with E-state index < -0.39 is 93.8 Å². The van der Waals surface area contributed by atoms with Crippen LogP contribution in [0.2, 0.25) is 0 Å². The van der Waals surface area contributed by atoms with Gasteiger partial charge in [-0.3, -0.25) is 33.6 Å². The SMILES string of the molecule is CC(C)C[C@H](NC(=O)[C@H](CCS(C)(=O)=O)NC(=O)CCCCCCCCCCCCCCC(=O)N[C@@H](CC(N)=O)C(=O)N[C@@H](Cc1ccccc1)C(=O)O)C(=O)N[C@@H](Cc1ccccc1)C(N)=O. The molecule has 68 heavy (non-hydrogen) atoms. The molecule has 0 aliphatic heterocycles. The van der Waals surface area contributed by atoms with Gasteiger partial charge in [0.2, 0.25) is 41.4 Å². The van der Waals surface area contributed by atoms with Crippen LogP contribution in [0.4, 0.5) is 0 Å². The third-order valence-electron chi connectivity index (χ3n) is 11.2. The van der Waals surface area contributed by atoms with E-state index in [0.29, 0.717) is 18.4 Å². The normalized spacial score (nSPS) is 13.5. The van der Waals surface area contributed by atoms with E-state index in [4.69, 9.17) is 11.5 Å². The van der Waals surface area contributed by atoms with Crippen LogP contribution < -0.4 is 38.1 Å². The van der Waals surface area contributed by atoms with E-state index in [1.807, 2.05) is 19.9 Å². The number of nitrogens with one attached hydrogen (secondary N) is 5. The highest BCUT2D eigenvalue weighted by Gasteiger charge is 2.31. The molecule has 0 radical (unpaired) electrons. The molecule has 18 nitrogen and oxygen atoms in total. The standard InChI is InChI=1S/C49H75N7O11S/c1-34(2)30-39(47(62)54-38(45(51)60)31-35-22-16-14-17-23-35)55-46(61)37(28-29-68(3,66)67)52-43(58)26-20-12-10-8-6-4-5-7-9-11-13-21-27-44(59)53-40(33-42(50)57)48(63)56-41(49(64)65)32-36-24-18-15-19-25-36/h14-19,22-25,34,37-41H,4-13,20-21,26-33H2,1-3H3,(H2,50,57)(H2,51,60)(H,52,58)(H,53,59)(H,54,62)(H,55,61)(H,56,63)(H,64,65)/t37-,38-,39-,40-,41-/m0/s1. The van der Waals surface area contributed by atoms with Crippen LogP contribution in [0.5, 0.6) is 0 Å². The first kappa shape index (κ1) is 58.3. The van der Waals surface area contributed by atoms with Crippen LogP contribution in [0, 0.1) is 5.92 Å². The Morgan fingerprint density at radius 2 is 0.912 bits per heavy atom. The summed E-state index contributed by atoms with van der Waals surface area (Å²) in [4.78, 5) is 101. The molecule has 0 bridgehead atoms. The Morgan fingerprint density at radius 1 is 0.529 bits per heavy atom. The summed E-state index contributed by atoms with van der Waals surface area (Å²) in [5, 5.41) is 22.6. The Morgan fingerprint density at radius 3 is 1.32 bits per heavy atom. The van der Waals surface area contributed by atoms with Crippen molar-refractivity contribution < 1.29 is 51.9 Å². The number of hydrogen-bond donors (Lipinski definition) is 8. The van der Waals surface area contributed by atoms with Gasteiger partial charge in [-0.1, -0.05) is 139 Å². The van der Waals surface area contributed by atoms with Crippen LogP contribution >= 0.6 is 0 Å². The average molecular weight is 970 g/mol. The Bertz CT molecular complexity index is 2020.